The lowest BCUT2D eigenvalue weighted by Crippen LogP contribution is -2.13. The first kappa shape index (κ1) is 15.5. The van der Waals surface area contributed by atoms with Gasteiger partial charge in [-0.05, 0) is 71.2 Å². The third-order valence-corrected chi connectivity index (χ3v) is 5.15. The van der Waals surface area contributed by atoms with Crippen LogP contribution in [0.15, 0.2) is 45.8 Å². The number of sulfonamides is 1. The second-order valence-corrected chi connectivity index (χ2v) is 7.19. The fourth-order valence-corrected chi connectivity index (χ4v) is 3.53. The lowest BCUT2D eigenvalue weighted by Gasteiger charge is -2.11. The van der Waals surface area contributed by atoms with Crippen molar-refractivity contribution < 1.29 is 8.42 Å². The van der Waals surface area contributed by atoms with Crippen molar-refractivity contribution in [2.45, 2.75) is 18.7 Å². The summed E-state index contributed by atoms with van der Waals surface area (Å²) in [5.74, 6) is 0. The minimum atomic E-state index is -3.66. The highest BCUT2D eigenvalue weighted by atomic mass is 79.9. The largest absolute Gasteiger partial charge is 0.278 e. The molecule has 0 amide bonds. The molecule has 0 unspecified atom stereocenters. The smallest absolute Gasteiger partial charge is 0.261 e. The molecule has 6 heteroatoms. The van der Waals surface area contributed by atoms with Crippen molar-refractivity contribution in [1.82, 2.24) is 0 Å². The number of nitrogens with zero attached hydrogens (tertiary/aromatic N) is 1. The molecule has 0 radical (unpaired) electrons. The van der Waals surface area contributed by atoms with Crippen LogP contribution in [0.1, 0.15) is 16.7 Å². The van der Waals surface area contributed by atoms with Crippen molar-refractivity contribution in [2.24, 2.45) is 0 Å². The van der Waals surface area contributed by atoms with Gasteiger partial charge < -0.3 is 0 Å². The maximum atomic E-state index is 12.4. The lowest BCUT2D eigenvalue weighted by molar-refractivity contribution is 0.601. The van der Waals surface area contributed by atoms with E-state index in [1.807, 2.05) is 19.9 Å². The molecule has 0 spiro atoms. The molecule has 4 nitrogen and oxygen atoms in total. The maximum absolute atomic E-state index is 12.4. The van der Waals surface area contributed by atoms with E-state index in [0.717, 1.165) is 11.1 Å². The van der Waals surface area contributed by atoms with E-state index in [1.165, 1.54) is 0 Å². The second kappa shape index (κ2) is 5.88. The van der Waals surface area contributed by atoms with Gasteiger partial charge in [0, 0.05) is 4.47 Å². The normalized spacial score (nSPS) is 11.0. The standard InChI is InChI=1S/C15H13BrN2O2S/c1-10-3-5-13(7-11(10)2)21(19,20)18-15-6-4-12(9-17)8-14(15)16/h3-8,18H,1-2H3. The molecule has 0 bridgehead atoms. The zero-order chi connectivity index (χ0) is 15.6. The number of aryl methyl sites for hydroxylation is 2. The number of hydrogen-bond acceptors (Lipinski definition) is 3. The predicted octanol–water partition coefficient (Wildman–Crippen LogP) is 3.74. The van der Waals surface area contributed by atoms with Crippen LogP contribution in [0, 0.1) is 25.2 Å². The first-order valence-electron chi connectivity index (χ1n) is 6.13. The quantitative estimate of drug-likeness (QED) is 0.901. The second-order valence-electron chi connectivity index (χ2n) is 4.66. The number of hydrogen-bond donors (Lipinski definition) is 1. The van der Waals surface area contributed by atoms with E-state index in [2.05, 4.69) is 20.7 Å². The summed E-state index contributed by atoms with van der Waals surface area (Å²) >= 11 is 3.26. The third kappa shape index (κ3) is 3.43. The Morgan fingerprint density at radius 3 is 2.38 bits per heavy atom. The average molecular weight is 365 g/mol. The van der Waals surface area contributed by atoms with Gasteiger partial charge in [-0.25, -0.2) is 8.42 Å². The molecule has 2 aromatic rings. The Balaban J connectivity index is 2.37. The van der Waals surface area contributed by atoms with Gasteiger partial charge in [-0.2, -0.15) is 5.26 Å². The third-order valence-electron chi connectivity index (χ3n) is 3.13. The van der Waals surface area contributed by atoms with Crippen LogP contribution in [0.5, 0.6) is 0 Å². The van der Waals surface area contributed by atoms with Crippen LogP contribution in [0.25, 0.3) is 0 Å². The van der Waals surface area contributed by atoms with E-state index >= 15 is 0 Å². The average Bonchev–Trinajstić information content (AvgIpc) is 2.43. The highest BCUT2D eigenvalue weighted by molar-refractivity contribution is 9.10. The summed E-state index contributed by atoms with van der Waals surface area (Å²) in [7, 11) is -3.66. The van der Waals surface area contributed by atoms with E-state index in [1.54, 1.807) is 36.4 Å². The van der Waals surface area contributed by atoms with Crippen molar-refractivity contribution >= 4 is 31.6 Å². The van der Waals surface area contributed by atoms with Crippen molar-refractivity contribution in [3.63, 3.8) is 0 Å². The summed E-state index contributed by atoms with van der Waals surface area (Å²) in [6, 6.07) is 11.7. The molecule has 21 heavy (non-hydrogen) atoms. The Labute approximate surface area is 132 Å². The molecule has 2 aromatic carbocycles. The zero-order valence-electron chi connectivity index (χ0n) is 11.5. The van der Waals surface area contributed by atoms with Crippen molar-refractivity contribution in [3.8, 4) is 6.07 Å². The predicted molar refractivity (Wildman–Crippen MR) is 85.6 cm³/mol. The van der Waals surface area contributed by atoms with Crippen LogP contribution in [-0.2, 0) is 10.0 Å². The molecular weight excluding hydrogens is 352 g/mol. The topological polar surface area (TPSA) is 70.0 Å². The number of halogens is 1. The van der Waals surface area contributed by atoms with Gasteiger partial charge in [0.1, 0.15) is 0 Å². The molecular formula is C15H13BrN2O2S. The van der Waals surface area contributed by atoms with Crippen LogP contribution in [0.4, 0.5) is 5.69 Å². The summed E-state index contributed by atoms with van der Waals surface area (Å²) in [5, 5.41) is 8.81. The van der Waals surface area contributed by atoms with Crippen molar-refractivity contribution in [1.29, 1.82) is 5.26 Å². The summed E-state index contributed by atoms with van der Waals surface area (Å²) in [6.45, 7) is 3.79. The molecule has 1 N–H and O–H groups in total. The number of nitrogens with one attached hydrogen (secondary N) is 1. The Hall–Kier alpha value is -1.84. The summed E-state index contributed by atoms with van der Waals surface area (Å²) < 4.78 is 27.8. The highest BCUT2D eigenvalue weighted by Crippen LogP contribution is 2.26. The Morgan fingerprint density at radius 1 is 1.10 bits per heavy atom. The number of nitriles is 1. The van der Waals surface area contributed by atoms with Crippen LogP contribution < -0.4 is 4.72 Å². The molecule has 0 aliphatic rings. The van der Waals surface area contributed by atoms with E-state index in [4.69, 9.17) is 5.26 Å². The molecule has 0 aromatic heterocycles. The van der Waals surface area contributed by atoms with E-state index in [9.17, 15) is 8.42 Å². The van der Waals surface area contributed by atoms with Crippen LogP contribution in [0.2, 0.25) is 0 Å². The zero-order valence-corrected chi connectivity index (χ0v) is 13.9. The van der Waals surface area contributed by atoms with Gasteiger partial charge in [-0.3, -0.25) is 4.72 Å². The molecule has 0 saturated carbocycles. The summed E-state index contributed by atoms with van der Waals surface area (Å²) in [6.07, 6.45) is 0. The fraction of sp³-hybridized carbons (Fsp3) is 0.133. The summed E-state index contributed by atoms with van der Waals surface area (Å²) in [4.78, 5) is 0.210. The number of benzene rings is 2. The SMILES string of the molecule is Cc1ccc(S(=O)(=O)Nc2ccc(C#N)cc2Br)cc1C. The first-order valence-corrected chi connectivity index (χ1v) is 8.41. The van der Waals surface area contributed by atoms with Gasteiger partial charge in [-0.15, -0.1) is 0 Å². The Morgan fingerprint density at radius 2 is 1.81 bits per heavy atom. The van der Waals surface area contributed by atoms with Gasteiger partial charge in [0.15, 0.2) is 0 Å². The van der Waals surface area contributed by atoms with E-state index in [0.29, 0.717) is 15.7 Å². The van der Waals surface area contributed by atoms with Gasteiger partial charge in [0.2, 0.25) is 0 Å². The number of rotatable bonds is 3. The van der Waals surface area contributed by atoms with Gasteiger partial charge in [-0.1, -0.05) is 6.07 Å². The van der Waals surface area contributed by atoms with Crippen molar-refractivity contribution in [2.75, 3.05) is 4.72 Å². The van der Waals surface area contributed by atoms with Crippen LogP contribution >= 0.6 is 15.9 Å². The molecule has 0 fully saturated rings. The first-order chi connectivity index (χ1) is 9.83. The van der Waals surface area contributed by atoms with Gasteiger partial charge in [0.05, 0.1) is 22.2 Å². The minimum absolute atomic E-state index is 0.210. The highest BCUT2D eigenvalue weighted by Gasteiger charge is 2.16. The van der Waals surface area contributed by atoms with Crippen molar-refractivity contribution in [3.05, 3.63) is 57.6 Å². The van der Waals surface area contributed by atoms with E-state index in [-0.39, 0.29) is 4.90 Å². The molecule has 108 valence electrons. The molecule has 0 saturated heterocycles. The van der Waals surface area contributed by atoms with E-state index < -0.39 is 10.0 Å². The molecule has 0 aliphatic carbocycles. The Kier molecular flexibility index (Phi) is 4.35. The number of anilines is 1. The van der Waals surface area contributed by atoms with Crippen LogP contribution in [0.3, 0.4) is 0 Å². The molecule has 0 atom stereocenters. The summed E-state index contributed by atoms with van der Waals surface area (Å²) in [5.41, 5.74) is 2.80. The van der Waals surface area contributed by atoms with Gasteiger partial charge >= 0.3 is 0 Å². The molecule has 0 aliphatic heterocycles. The maximum Gasteiger partial charge on any atom is 0.261 e. The molecule has 0 heterocycles. The van der Waals surface area contributed by atoms with Crippen LogP contribution in [-0.4, -0.2) is 8.42 Å². The Bertz CT molecular complexity index is 839. The minimum Gasteiger partial charge on any atom is -0.278 e. The monoisotopic (exact) mass is 364 g/mol. The molecule has 2 rings (SSSR count). The fourth-order valence-electron chi connectivity index (χ4n) is 1.75. The lowest BCUT2D eigenvalue weighted by atomic mass is 10.1. The van der Waals surface area contributed by atoms with Gasteiger partial charge in [0.25, 0.3) is 10.0 Å².